The maximum atomic E-state index is 12.1. The third kappa shape index (κ3) is 2.13. The van der Waals surface area contributed by atoms with Gasteiger partial charge in [0.25, 0.3) is 5.56 Å². The minimum absolute atomic E-state index is 0.0287. The van der Waals surface area contributed by atoms with Gasteiger partial charge in [0, 0.05) is 6.61 Å². The van der Waals surface area contributed by atoms with Gasteiger partial charge in [-0.15, -0.1) is 0 Å². The third-order valence-corrected chi connectivity index (χ3v) is 4.26. The fraction of sp³-hybridized carbons (Fsp3) is 0.545. The second kappa shape index (κ2) is 5.00. The number of hydrogen-bond donors (Lipinski definition) is 3. The van der Waals surface area contributed by atoms with Crippen LogP contribution in [0.2, 0.25) is 0 Å². The molecule has 3 rings (SSSR count). The quantitative estimate of drug-likeness (QED) is 0.720. The molecule has 0 bridgehead atoms. The monoisotopic (exact) mass is 298 g/mol. The smallest absolute Gasteiger partial charge is 0.311 e. The SMILES string of the molecule is Nc1nc2c(sc(=O)n2[C@H]2CC[C@@H](CCO)O2)c(=O)[nH]1. The molecule has 0 unspecified atom stereocenters. The van der Waals surface area contributed by atoms with E-state index in [-0.39, 0.29) is 33.9 Å². The molecule has 1 saturated heterocycles. The Bertz CT molecular complexity index is 749. The first-order valence-electron chi connectivity index (χ1n) is 6.27. The zero-order valence-corrected chi connectivity index (χ0v) is 11.4. The second-order valence-corrected chi connectivity index (χ2v) is 5.61. The molecule has 9 heteroatoms. The van der Waals surface area contributed by atoms with E-state index >= 15 is 0 Å². The first-order valence-corrected chi connectivity index (χ1v) is 7.09. The largest absolute Gasteiger partial charge is 0.396 e. The van der Waals surface area contributed by atoms with Gasteiger partial charge >= 0.3 is 4.87 Å². The van der Waals surface area contributed by atoms with E-state index in [0.717, 1.165) is 17.8 Å². The van der Waals surface area contributed by atoms with Gasteiger partial charge in [-0.1, -0.05) is 11.3 Å². The summed E-state index contributed by atoms with van der Waals surface area (Å²) in [5, 5.41) is 8.92. The molecule has 0 aromatic carbocycles. The predicted octanol–water partition coefficient (Wildman–Crippen LogP) is -0.212. The normalized spacial score (nSPS) is 22.6. The van der Waals surface area contributed by atoms with Crippen molar-refractivity contribution < 1.29 is 9.84 Å². The van der Waals surface area contributed by atoms with E-state index in [1.54, 1.807) is 0 Å². The fourth-order valence-electron chi connectivity index (χ4n) is 2.43. The van der Waals surface area contributed by atoms with Gasteiger partial charge in [0.15, 0.2) is 5.65 Å². The van der Waals surface area contributed by atoms with E-state index in [4.69, 9.17) is 15.6 Å². The zero-order chi connectivity index (χ0) is 14.3. The number of nitrogens with zero attached hydrogens (tertiary/aromatic N) is 2. The van der Waals surface area contributed by atoms with Crippen molar-refractivity contribution in [3.05, 3.63) is 20.0 Å². The maximum Gasteiger partial charge on any atom is 0.311 e. The number of thiazole rings is 1. The van der Waals surface area contributed by atoms with Crippen molar-refractivity contribution in [3.8, 4) is 0 Å². The molecule has 1 fully saturated rings. The van der Waals surface area contributed by atoms with E-state index in [2.05, 4.69) is 9.97 Å². The van der Waals surface area contributed by atoms with Crippen molar-refractivity contribution in [2.45, 2.75) is 31.6 Å². The molecular formula is C11H14N4O4S. The van der Waals surface area contributed by atoms with Gasteiger partial charge in [0.2, 0.25) is 5.95 Å². The number of aliphatic hydroxyl groups excluding tert-OH is 1. The molecule has 1 aliphatic rings. The first-order chi connectivity index (χ1) is 9.60. The molecule has 0 amide bonds. The lowest BCUT2D eigenvalue weighted by Crippen LogP contribution is -2.21. The van der Waals surface area contributed by atoms with E-state index in [1.165, 1.54) is 4.57 Å². The summed E-state index contributed by atoms with van der Waals surface area (Å²) in [6, 6.07) is 0. The lowest BCUT2D eigenvalue weighted by Gasteiger charge is -2.14. The number of hydrogen-bond acceptors (Lipinski definition) is 7. The number of nitrogens with one attached hydrogen (secondary N) is 1. The van der Waals surface area contributed by atoms with Crippen molar-refractivity contribution in [1.29, 1.82) is 0 Å². The number of aliphatic hydroxyl groups is 1. The van der Waals surface area contributed by atoms with Gasteiger partial charge < -0.3 is 15.6 Å². The van der Waals surface area contributed by atoms with Crippen LogP contribution in [0.25, 0.3) is 10.3 Å². The lowest BCUT2D eigenvalue weighted by molar-refractivity contribution is -0.00658. The molecule has 2 aromatic rings. The number of ether oxygens (including phenoxy) is 1. The van der Waals surface area contributed by atoms with Crippen LogP contribution in [0.3, 0.4) is 0 Å². The predicted molar refractivity (Wildman–Crippen MR) is 73.8 cm³/mol. The highest BCUT2D eigenvalue weighted by molar-refractivity contribution is 7.16. The van der Waals surface area contributed by atoms with E-state index < -0.39 is 11.8 Å². The Hall–Kier alpha value is -1.71. The highest BCUT2D eigenvalue weighted by Crippen LogP contribution is 2.31. The number of aromatic nitrogens is 3. The zero-order valence-electron chi connectivity index (χ0n) is 10.5. The summed E-state index contributed by atoms with van der Waals surface area (Å²) in [5.74, 6) is -0.0287. The molecule has 1 aliphatic heterocycles. The number of anilines is 1. The van der Waals surface area contributed by atoms with E-state index in [9.17, 15) is 9.59 Å². The van der Waals surface area contributed by atoms with Gasteiger partial charge in [-0.05, 0) is 19.3 Å². The molecule has 3 heterocycles. The molecular weight excluding hydrogens is 284 g/mol. The summed E-state index contributed by atoms with van der Waals surface area (Å²) in [6.45, 7) is 0.0432. The van der Waals surface area contributed by atoms with Crippen LogP contribution in [0.5, 0.6) is 0 Å². The van der Waals surface area contributed by atoms with Gasteiger partial charge in [-0.3, -0.25) is 19.1 Å². The molecule has 0 aliphatic carbocycles. The number of aromatic amines is 1. The van der Waals surface area contributed by atoms with Crippen molar-refractivity contribution >= 4 is 27.6 Å². The number of H-pyrrole nitrogens is 1. The Kier molecular flexibility index (Phi) is 3.32. The molecule has 108 valence electrons. The van der Waals surface area contributed by atoms with Gasteiger partial charge in [-0.2, -0.15) is 4.98 Å². The van der Waals surface area contributed by atoms with Crippen molar-refractivity contribution in [3.63, 3.8) is 0 Å². The highest BCUT2D eigenvalue weighted by Gasteiger charge is 2.29. The van der Waals surface area contributed by atoms with Crippen molar-refractivity contribution in [1.82, 2.24) is 14.5 Å². The molecule has 4 N–H and O–H groups in total. The number of nitrogen functional groups attached to an aromatic ring is 1. The Morgan fingerprint density at radius 2 is 2.30 bits per heavy atom. The van der Waals surface area contributed by atoms with Crippen LogP contribution in [0.4, 0.5) is 5.95 Å². The first kappa shape index (κ1) is 13.3. The Morgan fingerprint density at radius 1 is 1.50 bits per heavy atom. The number of rotatable bonds is 3. The third-order valence-electron chi connectivity index (χ3n) is 3.32. The number of nitrogens with two attached hydrogens (primary N) is 1. The maximum absolute atomic E-state index is 12.1. The highest BCUT2D eigenvalue weighted by atomic mass is 32.1. The molecule has 0 saturated carbocycles. The summed E-state index contributed by atoms with van der Waals surface area (Å²) in [5.41, 5.74) is 5.37. The molecule has 8 nitrogen and oxygen atoms in total. The van der Waals surface area contributed by atoms with Crippen molar-refractivity contribution in [2.75, 3.05) is 12.3 Å². The molecule has 20 heavy (non-hydrogen) atoms. The molecule has 0 radical (unpaired) electrons. The van der Waals surface area contributed by atoms with Crippen LogP contribution in [0, 0.1) is 0 Å². The molecule has 2 aromatic heterocycles. The minimum Gasteiger partial charge on any atom is -0.396 e. The Morgan fingerprint density at radius 3 is 3.05 bits per heavy atom. The Balaban J connectivity index is 2.06. The van der Waals surface area contributed by atoms with E-state index in [0.29, 0.717) is 12.8 Å². The summed E-state index contributed by atoms with van der Waals surface area (Å²) >= 11 is 0.832. The minimum atomic E-state index is -0.457. The average molecular weight is 298 g/mol. The summed E-state index contributed by atoms with van der Waals surface area (Å²) in [7, 11) is 0. The van der Waals surface area contributed by atoms with Crippen LogP contribution < -0.4 is 16.2 Å². The standard InChI is InChI=1S/C11H14N4O4S/c12-10-13-8-7(9(17)14-10)20-11(18)15(8)6-2-1-5(19-6)3-4-16/h5-6,16H,1-4H2,(H3,12,13,14,17)/t5-,6+/m0/s1. The summed E-state index contributed by atoms with van der Waals surface area (Å²) in [4.78, 5) is 29.9. The molecule has 0 spiro atoms. The topological polar surface area (TPSA) is 123 Å². The van der Waals surface area contributed by atoms with Gasteiger partial charge in [0.1, 0.15) is 10.9 Å². The fourth-order valence-corrected chi connectivity index (χ4v) is 3.29. The van der Waals surface area contributed by atoms with Crippen LogP contribution >= 0.6 is 11.3 Å². The lowest BCUT2D eigenvalue weighted by atomic mass is 10.2. The summed E-state index contributed by atoms with van der Waals surface area (Å²) < 4.78 is 7.36. The molecule has 2 atom stereocenters. The van der Waals surface area contributed by atoms with Gasteiger partial charge in [0.05, 0.1) is 6.10 Å². The Labute approximate surface area is 116 Å². The van der Waals surface area contributed by atoms with Gasteiger partial charge in [-0.25, -0.2) is 0 Å². The van der Waals surface area contributed by atoms with Crippen LogP contribution in [0.1, 0.15) is 25.5 Å². The second-order valence-electron chi connectivity index (χ2n) is 4.64. The van der Waals surface area contributed by atoms with Crippen LogP contribution in [-0.4, -0.2) is 32.4 Å². The van der Waals surface area contributed by atoms with Crippen LogP contribution in [0.15, 0.2) is 9.59 Å². The number of fused-ring (bicyclic) bond motifs is 1. The summed E-state index contributed by atoms with van der Waals surface area (Å²) in [6.07, 6.45) is 1.40. The van der Waals surface area contributed by atoms with E-state index in [1.807, 2.05) is 0 Å². The average Bonchev–Trinajstić information content (AvgIpc) is 2.94. The van der Waals surface area contributed by atoms with Crippen molar-refractivity contribution in [2.24, 2.45) is 0 Å². The van der Waals surface area contributed by atoms with Crippen LogP contribution in [-0.2, 0) is 4.74 Å².